The van der Waals surface area contributed by atoms with Crippen LogP contribution in [0.5, 0.6) is 0 Å². The molecule has 0 aliphatic heterocycles. The fraction of sp³-hybridized carbons (Fsp3) is 0.0625. The summed E-state index contributed by atoms with van der Waals surface area (Å²) in [5, 5.41) is 0.856. The smallest absolute Gasteiger partial charge is 0.175 e. The first-order valence-electron chi connectivity index (χ1n) is 6.37. The number of hydrogen-bond acceptors (Lipinski definition) is 3. The quantitative estimate of drug-likeness (QED) is 0.756. The normalized spacial score (nSPS) is 11.7. The van der Waals surface area contributed by atoms with Crippen molar-refractivity contribution in [2.75, 3.05) is 6.26 Å². The molecule has 5 heteroatoms. The number of fused-ring (bicyclic) bond motifs is 1. The van der Waals surface area contributed by atoms with Crippen LogP contribution >= 0.6 is 0 Å². The highest BCUT2D eigenvalue weighted by Crippen LogP contribution is 2.29. The van der Waals surface area contributed by atoms with Crippen LogP contribution in [-0.4, -0.2) is 25.9 Å². The van der Waals surface area contributed by atoms with Crippen molar-refractivity contribution < 1.29 is 13.2 Å². The van der Waals surface area contributed by atoms with Crippen molar-refractivity contribution in [2.24, 2.45) is 0 Å². The molecule has 21 heavy (non-hydrogen) atoms. The second-order valence-electron chi connectivity index (χ2n) is 4.87. The van der Waals surface area contributed by atoms with Crippen molar-refractivity contribution in [3.8, 4) is 11.3 Å². The Bertz CT molecular complexity index is 922. The monoisotopic (exact) mass is 299 g/mol. The molecule has 3 rings (SSSR count). The number of sulfone groups is 1. The maximum Gasteiger partial charge on any atom is 0.175 e. The van der Waals surface area contributed by atoms with Gasteiger partial charge in [-0.2, -0.15) is 0 Å². The van der Waals surface area contributed by atoms with Gasteiger partial charge in [0.25, 0.3) is 0 Å². The second kappa shape index (κ2) is 4.86. The van der Waals surface area contributed by atoms with Gasteiger partial charge in [-0.25, -0.2) is 8.42 Å². The maximum atomic E-state index is 11.5. The van der Waals surface area contributed by atoms with Gasteiger partial charge in [0, 0.05) is 22.7 Å². The van der Waals surface area contributed by atoms with Crippen LogP contribution in [0.4, 0.5) is 0 Å². The van der Waals surface area contributed by atoms with E-state index in [1.807, 2.05) is 24.3 Å². The summed E-state index contributed by atoms with van der Waals surface area (Å²) in [4.78, 5) is 14.9. The Hall–Kier alpha value is -2.40. The molecule has 0 saturated carbocycles. The minimum Gasteiger partial charge on any atom is -0.354 e. The number of para-hydroxylation sites is 1. The average Bonchev–Trinajstić information content (AvgIpc) is 2.85. The van der Waals surface area contributed by atoms with Gasteiger partial charge in [-0.15, -0.1) is 0 Å². The zero-order valence-corrected chi connectivity index (χ0v) is 12.1. The zero-order chi connectivity index (χ0) is 15.0. The van der Waals surface area contributed by atoms with Crippen LogP contribution in [0.2, 0.25) is 0 Å². The molecule has 0 fully saturated rings. The Labute approximate surface area is 122 Å². The van der Waals surface area contributed by atoms with E-state index in [0.29, 0.717) is 11.3 Å². The van der Waals surface area contributed by atoms with Gasteiger partial charge in [0.15, 0.2) is 16.1 Å². The van der Waals surface area contributed by atoms with E-state index in [0.717, 1.165) is 22.8 Å². The summed E-state index contributed by atoms with van der Waals surface area (Å²) < 4.78 is 23.0. The van der Waals surface area contributed by atoms with Crippen molar-refractivity contribution in [3.05, 3.63) is 54.1 Å². The lowest BCUT2D eigenvalue weighted by molar-refractivity contribution is 0.112. The van der Waals surface area contributed by atoms with Gasteiger partial charge in [-0.05, 0) is 23.8 Å². The molecule has 0 amide bonds. The first kappa shape index (κ1) is 13.6. The fourth-order valence-electron chi connectivity index (χ4n) is 2.38. The van der Waals surface area contributed by atoms with Crippen LogP contribution in [0.3, 0.4) is 0 Å². The molecule has 1 heterocycles. The molecule has 3 aromatic rings. The summed E-state index contributed by atoms with van der Waals surface area (Å²) in [7, 11) is -3.22. The lowest BCUT2D eigenvalue weighted by Crippen LogP contribution is -1.96. The molecule has 1 aromatic heterocycles. The van der Waals surface area contributed by atoms with E-state index in [2.05, 4.69) is 4.98 Å². The zero-order valence-electron chi connectivity index (χ0n) is 11.3. The molecule has 0 unspecified atom stereocenters. The van der Waals surface area contributed by atoms with Crippen molar-refractivity contribution >= 4 is 27.0 Å². The number of aldehydes is 1. The van der Waals surface area contributed by atoms with Gasteiger partial charge in [0.1, 0.15) is 0 Å². The topological polar surface area (TPSA) is 67.0 Å². The first-order valence-corrected chi connectivity index (χ1v) is 8.26. The molecule has 106 valence electrons. The van der Waals surface area contributed by atoms with Crippen molar-refractivity contribution in [3.63, 3.8) is 0 Å². The number of carbonyl (C=O) groups excluding carboxylic acids is 1. The van der Waals surface area contributed by atoms with E-state index < -0.39 is 9.84 Å². The molecular weight excluding hydrogens is 286 g/mol. The number of aromatic amines is 1. The summed E-state index contributed by atoms with van der Waals surface area (Å²) >= 11 is 0. The molecule has 1 N–H and O–H groups in total. The first-order chi connectivity index (χ1) is 10.0. The van der Waals surface area contributed by atoms with Crippen LogP contribution in [0.1, 0.15) is 10.4 Å². The third kappa shape index (κ3) is 2.36. The molecule has 0 saturated heterocycles. The number of rotatable bonds is 3. The Morgan fingerprint density at radius 1 is 1.00 bits per heavy atom. The maximum absolute atomic E-state index is 11.5. The number of aromatic nitrogens is 1. The standard InChI is InChI=1S/C16H13NO3S/c1-21(19,20)12-8-6-11(7-9-12)16-14(10-18)13-4-2-3-5-15(13)17-16/h2-10,17H,1H3. The minimum absolute atomic E-state index is 0.259. The lowest BCUT2D eigenvalue weighted by Gasteiger charge is -2.02. The van der Waals surface area contributed by atoms with Gasteiger partial charge >= 0.3 is 0 Å². The third-order valence-corrected chi connectivity index (χ3v) is 4.56. The van der Waals surface area contributed by atoms with Crippen molar-refractivity contribution in [1.82, 2.24) is 4.98 Å². The Morgan fingerprint density at radius 2 is 1.67 bits per heavy atom. The summed E-state index contributed by atoms with van der Waals surface area (Å²) in [6.45, 7) is 0. The fourth-order valence-corrected chi connectivity index (χ4v) is 3.01. The Kier molecular flexibility index (Phi) is 3.14. The highest BCUT2D eigenvalue weighted by atomic mass is 32.2. The van der Waals surface area contributed by atoms with Gasteiger partial charge < -0.3 is 4.98 Å². The van der Waals surface area contributed by atoms with E-state index in [9.17, 15) is 13.2 Å². The van der Waals surface area contributed by atoms with Crippen LogP contribution in [0, 0.1) is 0 Å². The molecule has 2 aromatic carbocycles. The summed E-state index contributed by atoms with van der Waals surface area (Å²) in [6.07, 6.45) is 1.99. The molecule has 4 nitrogen and oxygen atoms in total. The molecule has 0 aliphatic rings. The van der Waals surface area contributed by atoms with Crippen molar-refractivity contribution in [1.29, 1.82) is 0 Å². The summed E-state index contributed by atoms with van der Waals surface area (Å²) in [5.41, 5.74) is 2.94. The molecule has 0 bridgehead atoms. The lowest BCUT2D eigenvalue weighted by atomic mass is 10.1. The van der Waals surface area contributed by atoms with E-state index in [4.69, 9.17) is 0 Å². The predicted octanol–water partition coefficient (Wildman–Crippen LogP) is 3.05. The number of H-pyrrole nitrogens is 1. The molecule has 0 atom stereocenters. The van der Waals surface area contributed by atoms with Gasteiger partial charge in [0.05, 0.1) is 10.6 Å². The number of nitrogens with one attached hydrogen (secondary N) is 1. The second-order valence-corrected chi connectivity index (χ2v) is 6.89. The van der Waals surface area contributed by atoms with Crippen LogP contribution in [0.15, 0.2) is 53.4 Å². The van der Waals surface area contributed by atoms with E-state index in [1.54, 1.807) is 24.3 Å². The van der Waals surface area contributed by atoms with Gasteiger partial charge in [0.2, 0.25) is 0 Å². The largest absolute Gasteiger partial charge is 0.354 e. The third-order valence-electron chi connectivity index (χ3n) is 3.44. The SMILES string of the molecule is CS(=O)(=O)c1ccc(-c2[nH]c3ccccc3c2C=O)cc1. The number of hydrogen-bond donors (Lipinski definition) is 1. The highest BCUT2D eigenvalue weighted by Gasteiger charge is 2.13. The molecule has 0 radical (unpaired) electrons. The van der Waals surface area contributed by atoms with Gasteiger partial charge in [-0.3, -0.25) is 4.79 Å². The minimum atomic E-state index is -3.22. The van der Waals surface area contributed by atoms with Crippen molar-refractivity contribution in [2.45, 2.75) is 4.90 Å². The predicted molar refractivity (Wildman–Crippen MR) is 82.2 cm³/mol. The van der Waals surface area contributed by atoms with E-state index >= 15 is 0 Å². The molecule has 0 spiro atoms. The van der Waals surface area contributed by atoms with Gasteiger partial charge in [-0.1, -0.05) is 30.3 Å². The number of carbonyl (C=O) groups is 1. The molecular formula is C16H13NO3S. The van der Waals surface area contributed by atoms with Crippen LogP contribution in [0.25, 0.3) is 22.2 Å². The van der Waals surface area contributed by atoms with E-state index in [-0.39, 0.29) is 4.90 Å². The van der Waals surface area contributed by atoms with Crippen LogP contribution < -0.4 is 0 Å². The Balaban J connectivity index is 2.18. The average molecular weight is 299 g/mol. The summed E-state index contributed by atoms with van der Waals surface area (Å²) in [6, 6.07) is 14.0. The highest BCUT2D eigenvalue weighted by molar-refractivity contribution is 7.90. The summed E-state index contributed by atoms with van der Waals surface area (Å²) in [5.74, 6) is 0. The van der Waals surface area contributed by atoms with E-state index in [1.165, 1.54) is 6.26 Å². The molecule has 0 aliphatic carbocycles. The van der Waals surface area contributed by atoms with Crippen LogP contribution in [-0.2, 0) is 9.84 Å². The Morgan fingerprint density at radius 3 is 2.29 bits per heavy atom. The number of benzene rings is 2.